The second kappa shape index (κ2) is 10.2. The van der Waals surface area contributed by atoms with E-state index in [4.69, 9.17) is 14.4 Å². The van der Waals surface area contributed by atoms with Crippen LogP contribution in [0.2, 0.25) is 0 Å². The maximum Gasteiger partial charge on any atom is 0.237 e. The van der Waals surface area contributed by atoms with E-state index in [1.165, 1.54) is 10.8 Å². The fourth-order valence-electron chi connectivity index (χ4n) is 8.49. The number of hydrogen-bond acceptors (Lipinski definition) is 3. The fourth-order valence-corrected chi connectivity index (χ4v) is 8.49. The Hall–Kier alpha value is -7.18. The molecule has 0 aliphatic heterocycles. The van der Waals surface area contributed by atoms with Crippen LogP contribution >= 0.6 is 0 Å². The van der Waals surface area contributed by atoms with Gasteiger partial charge in [0.25, 0.3) is 0 Å². The van der Waals surface area contributed by atoms with Gasteiger partial charge in [-0.2, -0.15) is 4.98 Å². The second-order valence-electron chi connectivity index (χ2n) is 13.4. The number of benzene rings is 7. The third kappa shape index (κ3) is 3.62. The summed E-state index contributed by atoms with van der Waals surface area (Å²) in [5.74, 6) is 1.29. The molecule has 0 aliphatic carbocycles. The number of para-hydroxylation sites is 6. The zero-order chi connectivity index (χ0) is 33.9. The smallest absolute Gasteiger partial charge is 0.237 e. The minimum atomic E-state index is 0.590. The molecule has 0 bridgehead atoms. The van der Waals surface area contributed by atoms with Crippen molar-refractivity contribution in [2.75, 3.05) is 0 Å². The Labute approximate surface area is 296 Å². The highest BCUT2D eigenvalue weighted by molar-refractivity contribution is 6.13. The maximum atomic E-state index is 6.84. The van der Waals surface area contributed by atoms with Crippen LogP contribution < -0.4 is 0 Å². The minimum absolute atomic E-state index is 0.590. The van der Waals surface area contributed by atoms with Gasteiger partial charge in [0.05, 0.1) is 33.1 Å². The van der Waals surface area contributed by atoms with Gasteiger partial charge in [-0.05, 0) is 54.6 Å². The molecule has 12 aromatic rings. The predicted octanol–water partition coefficient (Wildman–Crippen LogP) is 11.7. The standard InChI is InChI=1S/C46H27N5O/c1-7-19-36-29(13-1)30-14-2-8-20-37(30)49(36)28-25-26-42-35(27-28)43-44(52-42)45(50-38-21-9-3-15-31(38)32-16-4-10-22-39(32)50)48-46(47-43)51-40-23-11-5-17-33(40)34-18-6-12-24-41(34)51/h1-27H. The summed E-state index contributed by atoms with van der Waals surface area (Å²) in [5.41, 5.74) is 9.74. The highest BCUT2D eigenvalue weighted by atomic mass is 16.3. The molecule has 6 heteroatoms. The molecule has 0 amide bonds. The first-order valence-electron chi connectivity index (χ1n) is 17.5. The molecule has 52 heavy (non-hydrogen) atoms. The highest BCUT2D eigenvalue weighted by Crippen LogP contribution is 2.40. The summed E-state index contributed by atoms with van der Waals surface area (Å²) >= 11 is 0. The third-order valence-electron chi connectivity index (χ3n) is 10.7. The number of hydrogen-bond donors (Lipinski definition) is 0. The lowest BCUT2D eigenvalue weighted by atomic mass is 10.2. The monoisotopic (exact) mass is 665 g/mol. The van der Waals surface area contributed by atoms with Gasteiger partial charge in [-0.25, -0.2) is 4.98 Å². The topological polar surface area (TPSA) is 53.7 Å². The molecule has 0 spiro atoms. The first-order valence-corrected chi connectivity index (χ1v) is 17.5. The van der Waals surface area contributed by atoms with Crippen LogP contribution in [0.25, 0.3) is 105 Å². The Morgan fingerprint density at radius 1 is 0.365 bits per heavy atom. The number of furan rings is 1. The molecule has 7 aromatic carbocycles. The molecular formula is C46H27N5O. The molecule has 5 aromatic heterocycles. The largest absolute Gasteiger partial charge is 0.450 e. The van der Waals surface area contributed by atoms with E-state index >= 15 is 0 Å². The molecule has 0 radical (unpaired) electrons. The lowest BCUT2D eigenvalue weighted by molar-refractivity contribution is 0.661. The second-order valence-corrected chi connectivity index (χ2v) is 13.4. The van der Waals surface area contributed by atoms with Crippen LogP contribution in [0.5, 0.6) is 0 Å². The molecule has 0 unspecified atom stereocenters. The van der Waals surface area contributed by atoms with Crippen molar-refractivity contribution in [2.24, 2.45) is 0 Å². The molecule has 0 N–H and O–H groups in total. The average Bonchev–Trinajstić information content (AvgIpc) is 3.94. The van der Waals surface area contributed by atoms with E-state index in [1.54, 1.807) is 0 Å². The van der Waals surface area contributed by atoms with E-state index in [9.17, 15) is 0 Å². The summed E-state index contributed by atoms with van der Waals surface area (Å²) in [7, 11) is 0. The van der Waals surface area contributed by atoms with Crippen LogP contribution in [-0.4, -0.2) is 23.7 Å². The van der Waals surface area contributed by atoms with Gasteiger partial charge in [-0.3, -0.25) is 9.13 Å². The van der Waals surface area contributed by atoms with Gasteiger partial charge >= 0.3 is 0 Å². The van der Waals surface area contributed by atoms with E-state index < -0.39 is 0 Å². The molecule has 0 atom stereocenters. The van der Waals surface area contributed by atoms with Gasteiger partial charge in [0.15, 0.2) is 11.4 Å². The zero-order valence-electron chi connectivity index (χ0n) is 27.7. The first-order chi connectivity index (χ1) is 25.8. The lowest BCUT2D eigenvalue weighted by Gasteiger charge is -2.11. The van der Waals surface area contributed by atoms with Gasteiger partial charge in [-0.15, -0.1) is 0 Å². The van der Waals surface area contributed by atoms with E-state index in [0.29, 0.717) is 17.3 Å². The summed E-state index contributed by atoms with van der Waals surface area (Å²) in [6.07, 6.45) is 0. The van der Waals surface area contributed by atoms with Crippen molar-refractivity contribution in [3.8, 4) is 17.5 Å². The SMILES string of the molecule is c1ccc2c(c1)c1ccccc1n2-c1ccc2oc3c(-n4c5ccccc5c5ccccc54)nc(-n4c5ccccc5c5ccccc54)nc3c2c1. The van der Waals surface area contributed by atoms with E-state index in [1.807, 2.05) is 0 Å². The quantitative estimate of drug-likeness (QED) is 0.189. The predicted molar refractivity (Wildman–Crippen MR) is 212 cm³/mol. The zero-order valence-corrected chi connectivity index (χ0v) is 27.7. The Morgan fingerprint density at radius 3 is 1.23 bits per heavy atom. The summed E-state index contributed by atoms with van der Waals surface area (Å²) < 4.78 is 13.6. The van der Waals surface area contributed by atoms with Gasteiger partial charge in [-0.1, -0.05) is 109 Å². The van der Waals surface area contributed by atoms with Crippen LogP contribution in [0.15, 0.2) is 168 Å². The van der Waals surface area contributed by atoms with Crippen LogP contribution in [0.4, 0.5) is 0 Å². The molecule has 0 fully saturated rings. The molecule has 12 rings (SSSR count). The van der Waals surface area contributed by atoms with Gasteiger partial charge in [0, 0.05) is 43.4 Å². The molecule has 242 valence electrons. The van der Waals surface area contributed by atoms with Gasteiger partial charge in [0.1, 0.15) is 11.1 Å². The Balaban J connectivity index is 1.23. The van der Waals surface area contributed by atoms with Crippen molar-refractivity contribution in [3.05, 3.63) is 164 Å². The summed E-state index contributed by atoms with van der Waals surface area (Å²) in [6.45, 7) is 0. The lowest BCUT2D eigenvalue weighted by Crippen LogP contribution is -2.06. The van der Waals surface area contributed by atoms with Crippen molar-refractivity contribution in [1.82, 2.24) is 23.7 Å². The van der Waals surface area contributed by atoms with Crippen molar-refractivity contribution in [1.29, 1.82) is 0 Å². The summed E-state index contributed by atoms with van der Waals surface area (Å²) in [4.78, 5) is 10.9. The number of fused-ring (bicyclic) bond motifs is 12. The molecule has 0 saturated carbocycles. The summed E-state index contributed by atoms with van der Waals surface area (Å²) in [6, 6.07) is 57.6. The van der Waals surface area contributed by atoms with Crippen molar-refractivity contribution >= 4 is 87.5 Å². The van der Waals surface area contributed by atoms with E-state index in [0.717, 1.165) is 76.8 Å². The van der Waals surface area contributed by atoms with E-state index in [-0.39, 0.29) is 0 Å². The van der Waals surface area contributed by atoms with E-state index in [2.05, 4.69) is 177 Å². The van der Waals surface area contributed by atoms with Crippen LogP contribution in [0.3, 0.4) is 0 Å². The Morgan fingerprint density at radius 2 is 0.769 bits per heavy atom. The average molecular weight is 666 g/mol. The Kier molecular flexibility index (Phi) is 5.41. The number of aromatic nitrogens is 5. The normalized spacial score (nSPS) is 12.2. The number of nitrogens with zero attached hydrogens (tertiary/aromatic N) is 5. The van der Waals surface area contributed by atoms with Gasteiger partial charge in [0.2, 0.25) is 5.95 Å². The molecule has 0 aliphatic rings. The maximum absolute atomic E-state index is 6.84. The molecular weight excluding hydrogens is 639 g/mol. The van der Waals surface area contributed by atoms with Crippen LogP contribution in [-0.2, 0) is 0 Å². The molecule has 6 nitrogen and oxygen atoms in total. The van der Waals surface area contributed by atoms with Crippen LogP contribution in [0, 0.1) is 0 Å². The number of rotatable bonds is 3. The van der Waals surface area contributed by atoms with Gasteiger partial charge < -0.3 is 8.98 Å². The Bertz CT molecular complexity index is 3270. The third-order valence-corrected chi connectivity index (χ3v) is 10.7. The highest BCUT2D eigenvalue weighted by Gasteiger charge is 2.24. The first kappa shape index (κ1) is 27.6. The summed E-state index contributed by atoms with van der Waals surface area (Å²) in [5, 5.41) is 8.01. The van der Waals surface area contributed by atoms with Crippen LogP contribution in [0.1, 0.15) is 0 Å². The van der Waals surface area contributed by atoms with Crippen molar-refractivity contribution in [2.45, 2.75) is 0 Å². The van der Waals surface area contributed by atoms with Crippen molar-refractivity contribution in [3.63, 3.8) is 0 Å². The molecule has 5 heterocycles. The van der Waals surface area contributed by atoms with Crippen molar-refractivity contribution < 1.29 is 4.42 Å². The fraction of sp³-hybridized carbons (Fsp3) is 0. The minimum Gasteiger partial charge on any atom is -0.450 e. The molecule has 0 saturated heterocycles.